The Morgan fingerprint density at radius 3 is 2.61 bits per heavy atom. The van der Waals surface area contributed by atoms with Gasteiger partial charge >= 0.3 is 0 Å². The topological polar surface area (TPSA) is 71.8 Å². The van der Waals surface area contributed by atoms with Crippen molar-refractivity contribution in [1.82, 2.24) is 0 Å². The van der Waals surface area contributed by atoms with Crippen molar-refractivity contribution in [2.75, 3.05) is 17.3 Å². The molecule has 0 fully saturated rings. The molecule has 156 valence electrons. The molecule has 6 nitrogen and oxygen atoms in total. The monoisotopic (exact) mass is 414 g/mol. The Bertz CT molecular complexity index is 1160. The van der Waals surface area contributed by atoms with Crippen LogP contribution in [0.5, 0.6) is 5.75 Å². The number of methoxy groups -OCH3 is 1. The number of para-hydroxylation sites is 2. The Balaban J connectivity index is 1.73. The van der Waals surface area contributed by atoms with E-state index in [0.29, 0.717) is 34.8 Å². The molecular formula is C25H22N2O4. The van der Waals surface area contributed by atoms with Crippen LogP contribution < -0.4 is 15.0 Å². The lowest BCUT2D eigenvalue weighted by Crippen LogP contribution is -2.37. The number of allylic oxidation sites excluding steroid dienone is 1. The normalized spacial score (nSPS) is 18.0. The van der Waals surface area contributed by atoms with Crippen molar-refractivity contribution in [3.05, 3.63) is 89.5 Å². The van der Waals surface area contributed by atoms with Crippen LogP contribution in [0, 0.1) is 0 Å². The van der Waals surface area contributed by atoms with E-state index < -0.39 is 6.04 Å². The highest BCUT2D eigenvalue weighted by atomic mass is 16.5. The fourth-order valence-electron chi connectivity index (χ4n) is 4.35. The third-order valence-electron chi connectivity index (χ3n) is 5.81. The van der Waals surface area contributed by atoms with E-state index in [1.54, 1.807) is 48.6 Å². The molecule has 2 heterocycles. The predicted molar refractivity (Wildman–Crippen MR) is 117 cm³/mol. The number of hydrogen-bond acceptors (Lipinski definition) is 5. The van der Waals surface area contributed by atoms with Gasteiger partial charge < -0.3 is 14.5 Å². The average Bonchev–Trinajstić information content (AvgIpc) is 3.28. The molecule has 31 heavy (non-hydrogen) atoms. The summed E-state index contributed by atoms with van der Waals surface area (Å²) in [6, 6.07) is 17.6. The lowest BCUT2D eigenvalue weighted by Gasteiger charge is -2.32. The minimum Gasteiger partial charge on any atom is -0.497 e. The lowest BCUT2D eigenvalue weighted by atomic mass is 9.88. The number of fused-ring (bicyclic) bond motifs is 1. The van der Waals surface area contributed by atoms with Crippen LogP contribution in [0.2, 0.25) is 0 Å². The number of ether oxygens (including phenoxy) is 1. The zero-order valence-electron chi connectivity index (χ0n) is 17.1. The smallest absolute Gasteiger partial charge is 0.259 e. The summed E-state index contributed by atoms with van der Waals surface area (Å²) >= 11 is 0. The van der Waals surface area contributed by atoms with Crippen LogP contribution >= 0.6 is 0 Å². The fraction of sp³-hybridized carbons (Fsp3) is 0.200. The van der Waals surface area contributed by atoms with E-state index in [9.17, 15) is 9.59 Å². The summed E-state index contributed by atoms with van der Waals surface area (Å²) in [4.78, 5) is 28.7. The van der Waals surface area contributed by atoms with Crippen LogP contribution in [-0.4, -0.2) is 18.8 Å². The first-order chi connectivity index (χ1) is 15.2. The largest absolute Gasteiger partial charge is 0.497 e. The van der Waals surface area contributed by atoms with Gasteiger partial charge in [0, 0.05) is 23.3 Å². The lowest BCUT2D eigenvalue weighted by molar-refractivity contribution is -0.116. The molecule has 1 atom stereocenters. The van der Waals surface area contributed by atoms with Crippen LogP contribution in [0.4, 0.5) is 11.4 Å². The van der Waals surface area contributed by atoms with Gasteiger partial charge in [-0.1, -0.05) is 12.1 Å². The van der Waals surface area contributed by atoms with Crippen molar-refractivity contribution in [3.63, 3.8) is 0 Å². The number of hydrogen-bond donors (Lipinski definition) is 1. The van der Waals surface area contributed by atoms with Gasteiger partial charge in [-0.2, -0.15) is 0 Å². The first kappa shape index (κ1) is 19.2. The van der Waals surface area contributed by atoms with E-state index in [2.05, 4.69) is 5.32 Å². The van der Waals surface area contributed by atoms with E-state index in [4.69, 9.17) is 9.15 Å². The van der Waals surface area contributed by atoms with Crippen molar-refractivity contribution in [3.8, 4) is 5.75 Å². The SMILES string of the molecule is COc1ccc(C(=O)N2c3ccccc3NC3=C(C(=O)CCC3)C2c2ccco2)cc1. The number of carbonyl (C=O) groups is 2. The maximum atomic E-state index is 13.9. The minimum atomic E-state index is -0.649. The third-order valence-corrected chi connectivity index (χ3v) is 5.81. The maximum Gasteiger partial charge on any atom is 0.259 e. The van der Waals surface area contributed by atoms with E-state index in [-0.39, 0.29) is 11.7 Å². The summed E-state index contributed by atoms with van der Waals surface area (Å²) in [5, 5.41) is 3.44. The second-order valence-electron chi connectivity index (χ2n) is 7.63. The number of Topliss-reactive ketones (excluding diaryl/α,β-unsaturated/α-hetero) is 1. The van der Waals surface area contributed by atoms with E-state index >= 15 is 0 Å². The van der Waals surface area contributed by atoms with Crippen molar-refractivity contribution in [1.29, 1.82) is 0 Å². The minimum absolute atomic E-state index is 0.0375. The summed E-state index contributed by atoms with van der Waals surface area (Å²) < 4.78 is 11.0. The van der Waals surface area contributed by atoms with Crippen LogP contribution in [0.25, 0.3) is 0 Å². The molecule has 1 aliphatic carbocycles. The molecule has 1 unspecified atom stereocenters. The van der Waals surface area contributed by atoms with Gasteiger partial charge in [-0.3, -0.25) is 14.5 Å². The molecule has 1 amide bonds. The number of nitrogens with zero attached hydrogens (tertiary/aromatic N) is 1. The van der Waals surface area contributed by atoms with Crippen molar-refractivity contribution in [2.24, 2.45) is 0 Å². The van der Waals surface area contributed by atoms with Gasteiger partial charge in [0.05, 0.1) is 24.7 Å². The maximum absolute atomic E-state index is 13.9. The molecule has 0 spiro atoms. The van der Waals surface area contributed by atoms with Gasteiger partial charge in [0.2, 0.25) is 0 Å². The number of rotatable bonds is 3. The standard InChI is InChI=1S/C25H22N2O4/c1-30-17-13-11-16(12-14-17)25(29)27-20-8-3-2-6-18(20)26-19-7-4-9-21(28)23(19)24(27)22-10-5-15-31-22/h2-3,5-6,8,10-15,24,26H,4,7,9H2,1H3. The van der Waals surface area contributed by atoms with E-state index in [0.717, 1.165) is 24.2 Å². The first-order valence-electron chi connectivity index (χ1n) is 10.3. The Kier molecular flexibility index (Phi) is 4.82. The molecular weight excluding hydrogens is 392 g/mol. The predicted octanol–water partition coefficient (Wildman–Crippen LogP) is 5.11. The molecule has 0 saturated heterocycles. The number of nitrogens with one attached hydrogen (secondary N) is 1. The Hall–Kier alpha value is -3.80. The molecule has 5 rings (SSSR count). The molecule has 0 bridgehead atoms. The number of ketones is 1. The second kappa shape index (κ2) is 7.80. The number of anilines is 2. The zero-order chi connectivity index (χ0) is 21.4. The number of amides is 1. The summed E-state index contributed by atoms with van der Waals surface area (Å²) in [5.41, 5.74) is 3.45. The van der Waals surface area contributed by atoms with E-state index in [1.807, 2.05) is 30.3 Å². The highest BCUT2D eigenvalue weighted by Crippen LogP contribution is 2.45. The average molecular weight is 414 g/mol. The first-order valence-corrected chi connectivity index (χ1v) is 10.3. The second-order valence-corrected chi connectivity index (χ2v) is 7.63. The Morgan fingerprint density at radius 1 is 1.06 bits per heavy atom. The van der Waals surface area contributed by atoms with Crippen molar-refractivity contribution < 1.29 is 18.7 Å². The fourth-order valence-corrected chi connectivity index (χ4v) is 4.35. The molecule has 2 aromatic carbocycles. The molecule has 2 aliphatic rings. The molecule has 6 heteroatoms. The van der Waals surface area contributed by atoms with Crippen LogP contribution in [0.3, 0.4) is 0 Å². The van der Waals surface area contributed by atoms with Crippen LogP contribution in [0.1, 0.15) is 41.4 Å². The van der Waals surface area contributed by atoms with Crippen molar-refractivity contribution in [2.45, 2.75) is 25.3 Å². The van der Waals surface area contributed by atoms with Gasteiger partial charge in [-0.15, -0.1) is 0 Å². The number of benzene rings is 2. The zero-order valence-corrected chi connectivity index (χ0v) is 17.1. The molecule has 1 aromatic heterocycles. The number of carbonyl (C=O) groups excluding carboxylic acids is 2. The van der Waals surface area contributed by atoms with Crippen LogP contribution in [-0.2, 0) is 4.79 Å². The van der Waals surface area contributed by atoms with Crippen molar-refractivity contribution >= 4 is 23.1 Å². The molecule has 1 aliphatic heterocycles. The number of furan rings is 1. The van der Waals surface area contributed by atoms with Gasteiger partial charge in [-0.05, 0) is 61.4 Å². The third kappa shape index (κ3) is 3.30. The summed E-state index contributed by atoms with van der Waals surface area (Å²) in [6.07, 6.45) is 3.56. The van der Waals surface area contributed by atoms with Crippen LogP contribution in [0.15, 0.2) is 82.6 Å². The molecule has 3 aromatic rings. The van der Waals surface area contributed by atoms with Gasteiger partial charge in [0.15, 0.2) is 5.78 Å². The Labute approximate surface area is 180 Å². The van der Waals surface area contributed by atoms with Gasteiger partial charge in [0.25, 0.3) is 5.91 Å². The van der Waals surface area contributed by atoms with E-state index in [1.165, 1.54) is 0 Å². The quantitative estimate of drug-likeness (QED) is 0.645. The molecule has 1 N–H and O–H groups in total. The van der Waals surface area contributed by atoms with Gasteiger partial charge in [0.1, 0.15) is 17.6 Å². The summed E-state index contributed by atoms with van der Waals surface area (Å²) in [7, 11) is 1.59. The summed E-state index contributed by atoms with van der Waals surface area (Å²) in [5.74, 6) is 1.05. The highest BCUT2D eigenvalue weighted by molar-refractivity contribution is 6.11. The van der Waals surface area contributed by atoms with Gasteiger partial charge in [-0.25, -0.2) is 0 Å². The highest BCUT2D eigenvalue weighted by Gasteiger charge is 2.41. The molecule has 0 radical (unpaired) electrons. The summed E-state index contributed by atoms with van der Waals surface area (Å²) in [6.45, 7) is 0. The molecule has 0 saturated carbocycles. The Morgan fingerprint density at radius 2 is 1.87 bits per heavy atom.